The Morgan fingerprint density at radius 2 is 1.92 bits per heavy atom. The van der Waals surface area contributed by atoms with E-state index in [0.29, 0.717) is 0 Å². The molecule has 0 fully saturated rings. The number of carbonyl (C=O) groups is 1. The second kappa shape index (κ2) is 7.32. The summed E-state index contributed by atoms with van der Waals surface area (Å²) in [4.78, 5) is 12.4. The van der Waals surface area contributed by atoms with Crippen LogP contribution in [0, 0.1) is 11.6 Å². The smallest absolute Gasteiger partial charge is 0.237 e. The van der Waals surface area contributed by atoms with Gasteiger partial charge in [-0.1, -0.05) is 30.3 Å². The fourth-order valence-corrected chi connectivity index (χ4v) is 4.05. The molecule has 126 valence electrons. The molecule has 3 rings (SSSR count). The minimum Gasteiger partial charge on any atom is -0.386 e. The molecule has 1 aliphatic rings. The van der Waals surface area contributed by atoms with Crippen LogP contribution < -0.4 is 5.32 Å². The summed E-state index contributed by atoms with van der Waals surface area (Å²) in [6, 6.07) is 11.1. The summed E-state index contributed by atoms with van der Waals surface area (Å²) in [6.07, 6.45) is -0.521. The van der Waals surface area contributed by atoms with Gasteiger partial charge in [-0.3, -0.25) is 4.79 Å². The maximum absolute atomic E-state index is 13.7. The van der Waals surface area contributed by atoms with E-state index in [9.17, 15) is 18.7 Å². The molecule has 0 saturated carbocycles. The first-order valence-corrected chi connectivity index (χ1v) is 8.72. The number of fused-ring (bicyclic) bond motifs is 1. The highest BCUT2D eigenvalue weighted by atomic mass is 32.2. The van der Waals surface area contributed by atoms with Gasteiger partial charge in [-0.2, -0.15) is 0 Å². The van der Waals surface area contributed by atoms with Gasteiger partial charge in [-0.05, 0) is 35.4 Å². The van der Waals surface area contributed by atoms with E-state index in [-0.39, 0.29) is 17.7 Å². The number of hydrogen-bond acceptors (Lipinski definition) is 3. The molecule has 6 heteroatoms. The molecule has 0 radical (unpaired) electrons. The van der Waals surface area contributed by atoms with Crippen LogP contribution in [0.2, 0.25) is 0 Å². The van der Waals surface area contributed by atoms with Crippen molar-refractivity contribution in [2.45, 2.75) is 17.8 Å². The Kier molecular flexibility index (Phi) is 5.16. The van der Waals surface area contributed by atoms with E-state index in [1.807, 2.05) is 24.3 Å². The van der Waals surface area contributed by atoms with E-state index in [0.717, 1.165) is 35.4 Å². The molecule has 0 spiro atoms. The lowest BCUT2D eigenvalue weighted by molar-refractivity contribution is -0.121. The molecular weight excluding hydrogens is 332 g/mol. The molecule has 0 saturated heterocycles. The molecule has 2 aromatic carbocycles. The molecule has 2 atom stereocenters. The number of thioether (sulfide) groups is 1. The molecule has 3 nitrogen and oxygen atoms in total. The van der Waals surface area contributed by atoms with Gasteiger partial charge in [-0.25, -0.2) is 8.78 Å². The minimum atomic E-state index is -1.43. The number of aliphatic hydroxyl groups is 1. The Morgan fingerprint density at radius 3 is 2.67 bits per heavy atom. The lowest BCUT2D eigenvalue weighted by Gasteiger charge is -2.24. The molecule has 24 heavy (non-hydrogen) atoms. The van der Waals surface area contributed by atoms with Crippen LogP contribution in [-0.2, 0) is 11.2 Å². The lowest BCUT2D eigenvalue weighted by atomic mass is 10.0. The van der Waals surface area contributed by atoms with E-state index in [4.69, 9.17) is 0 Å². The van der Waals surface area contributed by atoms with Crippen molar-refractivity contribution in [1.82, 2.24) is 5.32 Å². The lowest BCUT2D eigenvalue weighted by Crippen LogP contribution is -2.33. The van der Waals surface area contributed by atoms with Crippen LogP contribution in [-0.4, -0.2) is 23.3 Å². The van der Waals surface area contributed by atoms with Gasteiger partial charge in [0.2, 0.25) is 5.91 Å². The molecule has 1 heterocycles. The van der Waals surface area contributed by atoms with E-state index < -0.39 is 23.3 Å². The number of hydrogen-bond donors (Lipinski definition) is 2. The second-order valence-corrected chi connectivity index (χ2v) is 6.81. The van der Waals surface area contributed by atoms with Crippen molar-refractivity contribution in [2.75, 3.05) is 12.3 Å². The van der Waals surface area contributed by atoms with Crippen molar-refractivity contribution in [1.29, 1.82) is 0 Å². The maximum Gasteiger partial charge on any atom is 0.237 e. The van der Waals surface area contributed by atoms with Gasteiger partial charge in [0.25, 0.3) is 0 Å². The van der Waals surface area contributed by atoms with E-state index in [1.54, 1.807) is 0 Å². The van der Waals surface area contributed by atoms with Crippen LogP contribution in [0.15, 0.2) is 42.5 Å². The standard InChI is InChI=1S/C18H17F2NO2S/c19-13-6-3-7-14(20)16(13)15(22)10-21-18(23)17-12-5-2-1-4-11(12)8-9-24-17/h1-7,15,17,22H,8-10H2,(H,21,23). The number of benzene rings is 2. The van der Waals surface area contributed by atoms with Gasteiger partial charge in [0, 0.05) is 6.54 Å². The van der Waals surface area contributed by atoms with Crippen molar-refractivity contribution >= 4 is 17.7 Å². The van der Waals surface area contributed by atoms with Crippen molar-refractivity contribution in [3.63, 3.8) is 0 Å². The van der Waals surface area contributed by atoms with Gasteiger partial charge >= 0.3 is 0 Å². The zero-order valence-corrected chi connectivity index (χ0v) is 13.7. The second-order valence-electron chi connectivity index (χ2n) is 5.60. The van der Waals surface area contributed by atoms with Crippen LogP contribution in [0.5, 0.6) is 0 Å². The Morgan fingerprint density at radius 1 is 1.21 bits per heavy atom. The molecular formula is C18H17F2NO2S. The molecule has 0 aromatic heterocycles. The third kappa shape index (κ3) is 3.44. The number of aryl methyl sites for hydroxylation is 1. The number of carbonyl (C=O) groups excluding carboxylic acids is 1. The first-order valence-electron chi connectivity index (χ1n) is 7.67. The minimum absolute atomic E-state index is 0.240. The normalized spacial score (nSPS) is 17.9. The van der Waals surface area contributed by atoms with Crippen LogP contribution in [0.25, 0.3) is 0 Å². The SMILES string of the molecule is O=C(NCC(O)c1c(F)cccc1F)C1SCCc2ccccc21. The predicted octanol–water partition coefficient (Wildman–Crippen LogP) is 3.15. The molecule has 2 aromatic rings. The third-order valence-electron chi connectivity index (χ3n) is 4.03. The quantitative estimate of drug-likeness (QED) is 0.892. The van der Waals surface area contributed by atoms with Gasteiger partial charge < -0.3 is 10.4 Å². The van der Waals surface area contributed by atoms with E-state index >= 15 is 0 Å². The van der Waals surface area contributed by atoms with Gasteiger partial charge in [-0.15, -0.1) is 11.8 Å². The van der Waals surface area contributed by atoms with Crippen molar-refractivity contribution in [3.8, 4) is 0 Å². The largest absolute Gasteiger partial charge is 0.386 e. The molecule has 2 unspecified atom stereocenters. The van der Waals surface area contributed by atoms with Crippen LogP contribution in [0.4, 0.5) is 8.78 Å². The van der Waals surface area contributed by atoms with Gasteiger partial charge in [0.05, 0.1) is 5.56 Å². The van der Waals surface area contributed by atoms with E-state index in [1.165, 1.54) is 17.8 Å². The molecule has 0 aliphatic carbocycles. The summed E-state index contributed by atoms with van der Waals surface area (Å²) >= 11 is 1.53. The summed E-state index contributed by atoms with van der Waals surface area (Å²) in [5, 5.41) is 12.3. The third-order valence-corrected chi connectivity index (χ3v) is 5.28. The topological polar surface area (TPSA) is 49.3 Å². The van der Waals surface area contributed by atoms with Crippen LogP contribution in [0.3, 0.4) is 0 Å². The van der Waals surface area contributed by atoms with Crippen LogP contribution >= 0.6 is 11.8 Å². The zero-order chi connectivity index (χ0) is 17.1. The highest BCUT2D eigenvalue weighted by molar-refractivity contribution is 8.00. The average Bonchev–Trinajstić information content (AvgIpc) is 2.59. The van der Waals surface area contributed by atoms with Gasteiger partial charge in [0.1, 0.15) is 23.0 Å². The number of rotatable bonds is 4. The van der Waals surface area contributed by atoms with Crippen molar-refractivity contribution in [2.24, 2.45) is 0 Å². The number of amides is 1. The highest BCUT2D eigenvalue weighted by Crippen LogP contribution is 2.36. The predicted molar refractivity (Wildman–Crippen MR) is 89.7 cm³/mol. The number of nitrogens with one attached hydrogen (secondary N) is 1. The van der Waals surface area contributed by atoms with Crippen molar-refractivity contribution in [3.05, 3.63) is 70.8 Å². The summed E-state index contributed by atoms with van der Waals surface area (Å²) < 4.78 is 27.3. The van der Waals surface area contributed by atoms with E-state index in [2.05, 4.69) is 5.32 Å². The molecule has 1 aliphatic heterocycles. The number of aliphatic hydroxyl groups excluding tert-OH is 1. The fraction of sp³-hybridized carbons (Fsp3) is 0.278. The Balaban J connectivity index is 1.68. The first-order chi connectivity index (χ1) is 11.6. The first kappa shape index (κ1) is 16.9. The highest BCUT2D eigenvalue weighted by Gasteiger charge is 2.27. The monoisotopic (exact) mass is 349 g/mol. The summed E-state index contributed by atoms with van der Waals surface area (Å²) in [6.45, 7) is -0.240. The summed E-state index contributed by atoms with van der Waals surface area (Å²) in [7, 11) is 0. The molecule has 0 bridgehead atoms. The Bertz CT molecular complexity index is 733. The Labute approximate surface area is 143 Å². The average molecular weight is 349 g/mol. The summed E-state index contributed by atoms with van der Waals surface area (Å²) in [5.74, 6) is -1.08. The molecule has 1 amide bonds. The van der Waals surface area contributed by atoms with Gasteiger partial charge in [0.15, 0.2) is 0 Å². The fourth-order valence-electron chi connectivity index (χ4n) is 2.83. The maximum atomic E-state index is 13.7. The van der Waals surface area contributed by atoms with Crippen molar-refractivity contribution < 1.29 is 18.7 Å². The zero-order valence-electron chi connectivity index (χ0n) is 12.8. The Hall–Kier alpha value is -1.92. The number of halogens is 2. The van der Waals surface area contributed by atoms with Crippen LogP contribution in [0.1, 0.15) is 28.0 Å². The molecule has 2 N–H and O–H groups in total. The summed E-state index contributed by atoms with van der Waals surface area (Å²) in [5.41, 5.74) is 1.67.